The van der Waals surface area contributed by atoms with Gasteiger partial charge in [0.1, 0.15) is 22.7 Å². The average molecular weight is 782 g/mol. The van der Waals surface area contributed by atoms with Crippen LogP contribution >= 0.6 is 22.7 Å². The molecule has 55 heavy (non-hydrogen) atoms. The summed E-state index contributed by atoms with van der Waals surface area (Å²) in [6.45, 7) is 12.2. The number of phenolic OH excluding ortho intramolecular Hbond substituents is 1. The number of aromatic nitrogens is 3. The SMILES string of the molecule is Cc1ncsc1-c1ccc(CNC(=O)[C@H]2C[C@H](O)CN2C(=O)[C@H](NC(=O)CCN2CC(c3sc4nnc(-c5ccccc5O)cc4c3C)C2)C(C)(C)C)cc1. The van der Waals surface area contributed by atoms with Gasteiger partial charge in [-0.2, -0.15) is 0 Å². The molecule has 0 spiro atoms. The van der Waals surface area contributed by atoms with Crippen molar-refractivity contribution in [3.63, 3.8) is 0 Å². The van der Waals surface area contributed by atoms with Crippen molar-refractivity contribution >= 4 is 50.6 Å². The first kappa shape index (κ1) is 38.5. The van der Waals surface area contributed by atoms with Crippen molar-refractivity contribution < 1.29 is 24.6 Å². The van der Waals surface area contributed by atoms with Gasteiger partial charge in [-0.25, -0.2) is 4.98 Å². The molecule has 3 aromatic heterocycles. The topological polar surface area (TPSA) is 161 Å². The number of carbonyl (C=O) groups is 3. The molecule has 5 heterocycles. The van der Waals surface area contributed by atoms with E-state index >= 15 is 0 Å². The zero-order valence-corrected chi connectivity index (χ0v) is 33.3. The van der Waals surface area contributed by atoms with Gasteiger partial charge in [-0.3, -0.25) is 14.4 Å². The molecular weight excluding hydrogens is 735 g/mol. The molecule has 0 aliphatic carbocycles. The molecule has 2 aromatic carbocycles. The molecule has 0 saturated carbocycles. The van der Waals surface area contributed by atoms with Crippen molar-refractivity contribution in [3.8, 4) is 27.4 Å². The number of benzene rings is 2. The van der Waals surface area contributed by atoms with Crippen LogP contribution in [0.3, 0.4) is 0 Å². The number of hydrogen-bond acceptors (Lipinski definition) is 11. The van der Waals surface area contributed by atoms with Crippen molar-refractivity contribution in [1.29, 1.82) is 0 Å². The first-order valence-corrected chi connectivity index (χ1v) is 20.3. The van der Waals surface area contributed by atoms with Crippen LogP contribution in [0.4, 0.5) is 0 Å². The number of fused-ring (bicyclic) bond motifs is 1. The fraction of sp³-hybridized carbons (Fsp3) is 0.415. The van der Waals surface area contributed by atoms with Gasteiger partial charge in [0.25, 0.3) is 0 Å². The summed E-state index contributed by atoms with van der Waals surface area (Å²) in [7, 11) is 0. The molecule has 2 aliphatic heterocycles. The Bertz CT molecular complexity index is 2210. The van der Waals surface area contributed by atoms with E-state index in [4.69, 9.17) is 0 Å². The molecule has 0 unspecified atom stereocenters. The summed E-state index contributed by atoms with van der Waals surface area (Å²) in [4.78, 5) is 52.0. The van der Waals surface area contributed by atoms with Crippen LogP contribution in [0.5, 0.6) is 5.75 Å². The first-order valence-electron chi connectivity index (χ1n) is 18.6. The van der Waals surface area contributed by atoms with E-state index < -0.39 is 23.6 Å². The lowest BCUT2D eigenvalue weighted by Gasteiger charge is -2.39. The van der Waals surface area contributed by atoms with Gasteiger partial charge in [0.15, 0.2) is 0 Å². The van der Waals surface area contributed by atoms with Gasteiger partial charge in [0.2, 0.25) is 17.7 Å². The maximum Gasteiger partial charge on any atom is 0.246 e. The summed E-state index contributed by atoms with van der Waals surface area (Å²) < 4.78 is 0. The second-order valence-electron chi connectivity index (χ2n) is 15.7. The first-order chi connectivity index (χ1) is 26.3. The maximum absolute atomic E-state index is 14.1. The van der Waals surface area contributed by atoms with Gasteiger partial charge >= 0.3 is 0 Å². The Morgan fingerprint density at radius 1 is 1.02 bits per heavy atom. The van der Waals surface area contributed by atoms with Crippen LogP contribution in [0.15, 0.2) is 60.1 Å². The third-order valence-corrected chi connectivity index (χ3v) is 12.9. The number of β-amino-alcohol motifs (C(OH)–C–C–N with tert-alkyl or cyclic N) is 1. The molecular formula is C41H47N7O5S2. The van der Waals surface area contributed by atoms with Gasteiger partial charge in [0.05, 0.1) is 27.9 Å². The molecule has 14 heteroatoms. The highest BCUT2D eigenvalue weighted by Crippen LogP contribution is 2.40. The van der Waals surface area contributed by atoms with Gasteiger partial charge < -0.3 is 30.6 Å². The minimum atomic E-state index is -0.877. The van der Waals surface area contributed by atoms with E-state index in [0.29, 0.717) is 23.7 Å². The van der Waals surface area contributed by atoms with Crippen LogP contribution in [0.2, 0.25) is 0 Å². The van der Waals surface area contributed by atoms with E-state index in [9.17, 15) is 24.6 Å². The fourth-order valence-corrected chi connectivity index (χ4v) is 9.44. The monoisotopic (exact) mass is 781 g/mol. The molecule has 7 rings (SSSR count). The van der Waals surface area contributed by atoms with Crippen LogP contribution < -0.4 is 10.6 Å². The number of thiophene rings is 1. The molecule has 0 radical (unpaired) electrons. The minimum Gasteiger partial charge on any atom is -0.507 e. The molecule has 12 nitrogen and oxygen atoms in total. The molecule has 288 valence electrons. The Kier molecular flexibility index (Phi) is 11.0. The van der Waals surface area contributed by atoms with E-state index in [0.717, 1.165) is 50.6 Å². The maximum atomic E-state index is 14.1. The Labute approximate surface area is 328 Å². The number of aliphatic hydroxyl groups excluding tert-OH is 1. The number of thiazole rings is 1. The van der Waals surface area contributed by atoms with Gasteiger partial charge in [-0.05, 0) is 54.2 Å². The summed E-state index contributed by atoms with van der Waals surface area (Å²) >= 11 is 3.22. The zero-order valence-electron chi connectivity index (χ0n) is 31.7. The normalized spacial score (nSPS) is 18.3. The summed E-state index contributed by atoms with van der Waals surface area (Å²) in [6.07, 6.45) is -0.485. The van der Waals surface area contributed by atoms with E-state index in [-0.39, 0.29) is 49.4 Å². The van der Waals surface area contributed by atoms with Crippen LogP contribution in [-0.4, -0.2) is 97.3 Å². The smallest absolute Gasteiger partial charge is 0.246 e. The lowest BCUT2D eigenvalue weighted by Crippen LogP contribution is -2.58. The molecule has 0 bridgehead atoms. The Morgan fingerprint density at radius 2 is 1.76 bits per heavy atom. The Balaban J connectivity index is 0.923. The van der Waals surface area contributed by atoms with Crippen LogP contribution in [0.1, 0.15) is 61.2 Å². The standard InChI is InChI=1S/C41H47N7O5S2/c1-23-30-17-31(29-8-6-7-9-33(29)50)45-46-39(30)55-35(23)27-19-47(20-27)15-14-34(51)44-37(41(3,4)5)40(53)48-21-28(49)16-32(48)38(52)42-18-25-10-12-26(13-11-25)36-24(2)43-22-54-36/h6-13,17,22,27-28,32,37,49-50H,14-16,18-21H2,1-5H3,(H,42,52)(H,44,51)/t28-,32+,37-/m0/s1. The predicted octanol–water partition coefficient (Wildman–Crippen LogP) is 5.40. The molecule has 3 amide bonds. The minimum absolute atomic E-state index is 0.0240. The molecule has 2 fully saturated rings. The second kappa shape index (κ2) is 15.8. The van der Waals surface area contributed by atoms with E-state index in [1.165, 1.54) is 9.78 Å². The summed E-state index contributed by atoms with van der Waals surface area (Å²) in [5, 5.41) is 36.7. The number of carbonyl (C=O) groups excluding carboxylic acids is 3. The zero-order chi connectivity index (χ0) is 39.0. The summed E-state index contributed by atoms with van der Waals surface area (Å²) in [5.74, 6) is -0.466. The lowest BCUT2D eigenvalue weighted by molar-refractivity contribution is -0.144. The largest absolute Gasteiger partial charge is 0.507 e. The summed E-state index contributed by atoms with van der Waals surface area (Å²) in [5.41, 5.74) is 6.58. The summed E-state index contributed by atoms with van der Waals surface area (Å²) in [6, 6.07) is 15.3. The number of nitrogens with one attached hydrogen (secondary N) is 2. The highest BCUT2D eigenvalue weighted by atomic mass is 32.1. The van der Waals surface area contributed by atoms with Crippen LogP contribution in [0.25, 0.3) is 31.9 Å². The number of rotatable bonds is 11. The van der Waals surface area contributed by atoms with E-state index in [1.54, 1.807) is 34.8 Å². The van der Waals surface area contributed by atoms with E-state index in [1.807, 2.05) is 75.7 Å². The van der Waals surface area contributed by atoms with Gasteiger partial charge in [-0.1, -0.05) is 57.2 Å². The molecule has 3 atom stereocenters. The quantitative estimate of drug-likeness (QED) is 0.138. The second-order valence-corrected chi connectivity index (χ2v) is 17.6. The fourth-order valence-electron chi connectivity index (χ4n) is 7.44. The molecule has 2 saturated heterocycles. The van der Waals surface area contributed by atoms with Crippen LogP contribution in [0, 0.1) is 19.3 Å². The van der Waals surface area contributed by atoms with Crippen molar-refractivity contribution in [2.24, 2.45) is 5.41 Å². The average Bonchev–Trinajstić information content (AvgIpc) is 3.84. The third kappa shape index (κ3) is 8.27. The van der Waals surface area contributed by atoms with Crippen molar-refractivity contribution in [2.75, 3.05) is 26.2 Å². The number of nitrogens with zero attached hydrogens (tertiary/aromatic N) is 5. The number of likely N-dealkylation sites (tertiary alicyclic amines) is 2. The number of hydrogen-bond donors (Lipinski definition) is 4. The highest BCUT2D eigenvalue weighted by Gasteiger charge is 2.44. The van der Waals surface area contributed by atoms with Crippen LogP contribution in [-0.2, 0) is 20.9 Å². The Morgan fingerprint density at radius 3 is 2.45 bits per heavy atom. The van der Waals surface area contributed by atoms with Crippen molar-refractivity contribution in [2.45, 2.75) is 78.1 Å². The number of amides is 3. The van der Waals surface area contributed by atoms with Gasteiger partial charge in [0, 0.05) is 67.3 Å². The number of phenols is 1. The number of para-hydroxylation sites is 1. The lowest BCUT2D eigenvalue weighted by atomic mass is 9.85. The molecule has 2 aliphatic rings. The van der Waals surface area contributed by atoms with E-state index in [2.05, 4.69) is 37.6 Å². The third-order valence-electron chi connectivity index (χ3n) is 10.6. The Hall–Kier alpha value is -4.76. The number of aryl methyl sites for hydroxylation is 2. The van der Waals surface area contributed by atoms with Crippen molar-refractivity contribution in [3.05, 3.63) is 81.8 Å². The molecule has 4 N–H and O–H groups in total. The van der Waals surface area contributed by atoms with Crippen molar-refractivity contribution in [1.82, 2.24) is 35.6 Å². The highest BCUT2D eigenvalue weighted by molar-refractivity contribution is 7.19. The number of aromatic hydroxyl groups is 1. The predicted molar refractivity (Wildman–Crippen MR) is 215 cm³/mol. The molecule has 5 aromatic rings. The van der Waals surface area contributed by atoms with Gasteiger partial charge in [-0.15, -0.1) is 32.9 Å². The number of aliphatic hydroxyl groups is 1.